The summed E-state index contributed by atoms with van der Waals surface area (Å²) in [5.41, 5.74) is 1.11. The molecule has 158 valence electrons. The maximum Gasteiger partial charge on any atom is 0.310 e. The zero-order valence-corrected chi connectivity index (χ0v) is 18.1. The van der Waals surface area contributed by atoms with Gasteiger partial charge in [-0.15, -0.1) is 0 Å². The van der Waals surface area contributed by atoms with Crippen LogP contribution in [-0.2, 0) is 16.0 Å². The lowest BCUT2D eigenvalue weighted by Crippen LogP contribution is -2.17. The first kappa shape index (κ1) is 22.1. The summed E-state index contributed by atoms with van der Waals surface area (Å²) in [6.45, 7) is 5.24. The van der Waals surface area contributed by atoms with Crippen LogP contribution in [0.1, 0.15) is 41.9 Å². The van der Waals surface area contributed by atoms with Gasteiger partial charge in [-0.3, -0.25) is 14.2 Å². The molecule has 0 saturated carbocycles. The molecule has 3 rings (SSSR count). The summed E-state index contributed by atoms with van der Waals surface area (Å²) >= 11 is 12.0. The van der Waals surface area contributed by atoms with E-state index >= 15 is 0 Å². The second-order valence-electron chi connectivity index (χ2n) is 7.01. The highest BCUT2D eigenvalue weighted by atomic mass is 35.5. The van der Waals surface area contributed by atoms with E-state index in [0.717, 1.165) is 6.07 Å². The SMILES string of the molecule is CCC(C)OC(=O)Cc1c(C)n(C(=O)c2ccc(Cl)c(Cl)c2)c2ccc(O)c(F)c12. The zero-order chi connectivity index (χ0) is 22.2. The highest BCUT2D eigenvalue weighted by molar-refractivity contribution is 6.42. The highest BCUT2D eigenvalue weighted by Crippen LogP contribution is 2.34. The summed E-state index contributed by atoms with van der Waals surface area (Å²) in [6.07, 6.45) is 0.105. The average molecular weight is 452 g/mol. The summed E-state index contributed by atoms with van der Waals surface area (Å²) in [6, 6.07) is 7.02. The van der Waals surface area contributed by atoms with Gasteiger partial charge in [-0.2, -0.15) is 0 Å². The van der Waals surface area contributed by atoms with Gasteiger partial charge in [0.1, 0.15) is 0 Å². The predicted octanol–water partition coefficient (Wildman–Crippen LogP) is 5.67. The van der Waals surface area contributed by atoms with Crippen LogP contribution in [0.15, 0.2) is 30.3 Å². The Morgan fingerprint density at radius 1 is 1.20 bits per heavy atom. The third-order valence-electron chi connectivity index (χ3n) is 5.01. The monoisotopic (exact) mass is 451 g/mol. The van der Waals surface area contributed by atoms with Crippen LogP contribution in [0.2, 0.25) is 10.0 Å². The number of benzene rings is 2. The lowest BCUT2D eigenvalue weighted by atomic mass is 10.1. The lowest BCUT2D eigenvalue weighted by Gasteiger charge is -2.11. The maximum absolute atomic E-state index is 14.8. The van der Waals surface area contributed by atoms with Gasteiger partial charge in [0.2, 0.25) is 0 Å². The average Bonchev–Trinajstić information content (AvgIpc) is 2.98. The molecule has 1 N–H and O–H groups in total. The number of aromatic hydroxyl groups is 1. The zero-order valence-electron chi connectivity index (χ0n) is 16.6. The van der Waals surface area contributed by atoms with Crippen molar-refractivity contribution in [2.24, 2.45) is 0 Å². The molecule has 5 nitrogen and oxygen atoms in total. The standard InChI is InChI=1S/C22H20Cl2FNO4/c1-4-11(2)30-19(28)10-14-12(3)26(17-7-8-18(27)21(25)20(14)17)22(29)13-5-6-15(23)16(24)9-13/h5-9,11,27H,4,10H2,1-3H3. The van der Waals surface area contributed by atoms with E-state index in [1.165, 1.54) is 28.8 Å². The van der Waals surface area contributed by atoms with Gasteiger partial charge in [0, 0.05) is 16.6 Å². The van der Waals surface area contributed by atoms with E-state index in [1.807, 2.05) is 6.92 Å². The number of esters is 1. The number of hydrogen-bond acceptors (Lipinski definition) is 4. The quantitative estimate of drug-likeness (QED) is 0.507. The first-order valence-corrected chi connectivity index (χ1v) is 10.1. The van der Waals surface area contributed by atoms with Crippen molar-refractivity contribution in [3.8, 4) is 5.75 Å². The molecule has 30 heavy (non-hydrogen) atoms. The molecular formula is C22H20Cl2FNO4. The number of carbonyl (C=O) groups is 2. The van der Waals surface area contributed by atoms with E-state index in [-0.39, 0.29) is 39.6 Å². The molecule has 0 saturated heterocycles. The molecule has 0 fully saturated rings. The molecule has 3 aromatic rings. The number of rotatable bonds is 5. The van der Waals surface area contributed by atoms with E-state index in [9.17, 15) is 19.1 Å². The molecule has 0 aliphatic carbocycles. The third-order valence-corrected chi connectivity index (χ3v) is 5.75. The smallest absolute Gasteiger partial charge is 0.310 e. The minimum Gasteiger partial charge on any atom is -0.505 e. The second kappa shape index (κ2) is 8.66. The van der Waals surface area contributed by atoms with Crippen molar-refractivity contribution in [3.63, 3.8) is 0 Å². The topological polar surface area (TPSA) is 68.5 Å². The fourth-order valence-corrected chi connectivity index (χ4v) is 3.55. The number of hydrogen-bond donors (Lipinski definition) is 1. The molecule has 1 aromatic heterocycles. The Balaban J connectivity index is 2.17. The number of aromatic nitrogens is 1. The molecule has 8 heteroatoms. The Hall–Kier alpha value is -2.57. The molecule has 1 unspecified atom stereocenters. The first-order chi connectivity index (χ1) is 14.1. The Kier molecular flexibility index (Phi) is 6.38. The number of ether oxygens (including phenoxy) is 1. The van der Waals surface area contributed by atoms with E-state index < -0.39 is 23.4 Å². The molecular weight excluding hydrogens is 432 g/mol. The van der Waals surface area contributed by atoms with Crippen LogP contribution in [-0.4, -0.2) is 27.7 Å². The van der Waals surface area contributed by atoms with Gasteiger partial charge in [-0.05, 0) is 56.2 Å². The van der Waals surface area contributed by atoms with E-state index in [4.69, 9.17) is 27.9 Å². The molecule has 0 bridgehead atoms. The predicted molar refractivity (Wildman–Crippen MR) is 114 cm³/mol. The molecule has 1 heterocycles. The fraction of sp³-hybridized carbons (Fsp3) is 0.273. The molecule has 0 aliphatic rings. The summed E-state index contributed by atoms with van der Waals surface area (Å²) in [7, 11) is 0. The molecule has 0 aliphatic heterocycles. The van der Waals surface area contributed by atoms with Crippen molar-refractivity contribution in [2.45, 2.75) is 39.7 Å². The van der Waals surface area contributed by atoms with Crippen molar-refractivity contribution < 1.29 is 23.8 Å². The Morgan fingerprint density at radius 2 is 1.90 bits per heavy atom. The second-order valence-corrected chi connectivity index (χ2v) is 7.83. The van der Waals surface area contributed by atoms with Gasteiger partial charge in [-0.25, -0.2) is 4.39 Å². The van der Waals surface area contributed by atoms with Crippen molar-refractivity contribution in [2.75, 3.05) is 0 Å². The summed E-state index contributed by atoms with van der Waals surface area (Å²) in [5.74, 6) is -2.49. The maximum atomic E-state index is 14.8. The van der Waals surface area contributed by atoms with E-state index in [1.54, 1.807) is 13.8 Å². The minimum absolute atomic E-state index is 0.00186. The van der Waals surface area contributed by atoms with Crippen molar-refractivity contribution in [1.82, 2.24) is 4.57 Å². The van der Waals surface area contributed by atoms with Gasteiger partial charge in [0.25, 0.3) is 5.91 Å². The summed E-state index contributed by atoms with van der Waals surface area (Å²) in [4.78, 5) is 25.6. The van der Waals surface area contributed by atoms with Crippen molar-refractivity contribution in [3.05, 3.63) is 63.0 Å². The number of halogens is 3. The van der Waals surface area contributed by atoms with Crippen LogP contribution >= 0.6 is 23.2 Å². The Labute approximate surface area is 183 Å². The molecule has 0 amide bonds. The molecule has 2 aromatic carbocycles. The van der Waals surface area contributed by atoms with Crippen molar-refractivity contribution in [1.29, 1.82) is 0 Å². The minimum atomic E-state index is -0.900. The number of nitrogens with zero attached hydrogens (tertiary/aromatic N) is 1. The number of fused-ring (bicyclic) bond motifs is 1. The highest BCUT2D eigenvalue weighted by Gasteiger charge is 2.26. The molecule has 0 spiro atoms. The molecule has 1 atom stereocenters. The van der Waals surface area contributed by atoms with Gasteiger partial charge >= 0.3 is 5.97 Å². The fourth-order valence-electron chi connectivity index (χ4n) is 3.25. The van der Waals surface area contributed by atoms with E-state index in [2.05, 4.69) is 0 Å². The van der Waals surface area contributed by atoms with Crippen LogP contribution in [0, 0.1) is 12.7 Å². The molecule has 0 radical (unpaired) electrons. The third kappa shape index (κ3) is 4.02. The lowest BCUT2D eigenvalue weighted by molar-refractivity contribution is -0.147. The Bertz CT molecular complexity index is 1160. The number of phenols is 1. The van der Waals surface area contributed by atoms with Crippen LogP contribution in [0.3, 0.4) is 0 Å². The van der Waals surface area contributed by atoms with E-state index in [0.29, 0.717) is 17.1 Å². The first-order valence-electron chi connectivity index (χ1n) is 9.36. The van der Waals surface area contributed by atoms with Crippen LogP contribution in [0.25, 0.3) is 10.9 Å². The van der Waals surface area contributed by atoms with Gasteiger partial charge < -0.3 is 9.84 Å². The van der Waals surface area contributed by atoms with Crippen molar-refractivity contribution >= 4 is 46.0 Å². The van der Waals surface area contributed by atoms with Crippen LogP contribution < -0.4 is 0 Å². The summed E-state index contributed by atoms with van der Waals surface area (Å²) < 4.78 is 21.5. The van der Waals surface area contributed by atoms with Gasteiger partial charge in [0.05, 0.1) is 28.1 Å². The number of carbonyl (C=O) groups excluding carboxylic acids is 2. The summed E-state index contributed by atoms with van der Waals surface area (Å²) in [5, 5.41) is 10.4. The Morgan fingerprint density at radius 3 is 2.53 bits per heavy atom. The van der Waals surface area contributed by atoms with Gasteiger partial charge in [0.15, 0.2) is 11.6 Å². The van der Waals surface area contributed by atoms with Gasteiger partial charge in [-0.1, -0.05) is 30.1 Å². The largest absolute Gasteiger partial charge is 0.505 e. The van der Waals surface area contributed by atoms with Crippen LogP contribution in [0.4, 0.5) is 4.39 Å². The van der Waals surface area contributed by atoms with Crippen LogP contribution in [0.5, 0.6) is 5.75 Å². The normalized spacial score (nSPS) is 12.2. The number of phenolic OH excluding ortho intramolecular Hbond substituents is 1.